The van der Waals surface area contributed by atoms with Crippen molar-refractivity contribution in [2.24, 2.45) is 0 Å². The lowest BCUT2D eigenvalue weighted by Crippen LogP contribution is -2.34. The van der Waals surface area contributed by atoms with E-state index in [0.717, 1.165) is 12.2 Å². The van der Waals surface area contributed by atoms with E-state index in [9.17, 15) is 4.79 Å². The van der Waals surface area contributed by atoms with Crippen molar-refractivity contribution < 1.29 is 4.79 Å². The van der Waals surface area contributed by atoms with E-state index in [-0.39, 0.29) is 5.91 Å². The van der Waals surface area contributed by atoms with Crippen molar-refractivity contribution in [2.45, 2.75) is 13.5 Å². The molecule has 0 fully saturated rings. The quantitative estimate of drug-likeness (QED) is 0.853. The van der Waals surface area contributed by atoms with Gasteiger partial charge in [-0.2, -0.15) is 0 Å². The van der Waals surface area contributed by atoms with Crippen LogP contribution in [0.4, 0.5) is 5.69 Å². The summed E-state index contributed by atoms with van der Waals surface area (Å²) >= 11 is 0. The van der Waals surface area contributed by atoms with Crippen molar-refractivity contribution >= 4 is 11.6 Å². The molecule has 0 aliphatic carbocycles. The van der Waals surface area contributed by atoms with Crippen LogP contribution in [-0.4, -0.2) is 45.5 Å². The number of nitrogens with one attached hydrogen (secondary N) is 1. The molecule has 0 atom stereocenters. The molecule has 0 saturated heterocycles. The number of aryl methyl sites for hydroxylation is 1. The summed E-state index contributed by atoms with van der Waals surface area (Å²) in [6, 6.07) is 6.32. The maximum Gasteiger partial charge on any atom is 0.241 e. The molecule has 0 unspecified atom stereocenters. The molecule has 1 amide bonds. The molecular weight excluding hydrogens is 226 g/mol. The topological polar surface area (TPSA) is 35.6 Å². The predicted octanol–water partition coefficient (Wildman–Crippen LogP) is 1.24. The van der Waals surface area contributed by atoms with Gasteiger partial charge in [-0.1, -0.05) is 12.1 Å². The van der Waals surface area contributed by atoms with Gasteiger partial charge in [0.2, 0.25) is 5.91 Å². The van der Waals surface area contributed by atoms with Crippen LogP contribution in [0.1, 0.15) is 11.1 Å². The van der Waals surface area contributed by atoms with Crippen molar-refractivity contribution in [1.29, 1.82) is 0 Å². The lowest BCUT2D eigenvalue weighted by Gasteiger charge is -2.23. The molecule has 100 valence electrons. The third-order valence-electron chi connectivity index (χ3n) is 2.92. The van der Waals surface area contributed by atoms with Gasteiger partial charge < -0.3 is 15.1 Å². The smallest absolute Gasteiger partial charge is 0.241 e. The van der Waals surface area contributed by atoms with Gasteiger partial charge in [-0.25, -0.2) is 0 Å². The van der Waals surface area contributed by atoms with Gasteiger partial charge in [0.05, 0.1) is 6.54 Å². The Hall–Kier alpha value is -1.55. The third kappa shape index (κ3) is 3.74. The van der Waals surface area contributed by atoms with Gasteiger partial charge in [-0.05, 0) is 31.2 Å². The number of benzene rings is 1. The zero-order chi connectivity index (χ0) is 13.7. The minimum Gasteiger partial charge on any atom is -0.365 e. The Balaban J connectivity index is 2.80. The second-order valence-corrected chi connectivity index (χ2v) is 4.80. The molecular formula is C14H23N3O. The fraction of sp³-hybridized carbons (Fsp3) is 0.500. The number of amides is 1. The molecule has 0 heterocycles. The summed E-state index contributed by atoms with van der Waals surface area (Å²) in [6.07, 6.45) is 0. The SMILES string of the molecule is CNCc1ccc(N(C)CC(=O)N(C)C)c(C)c1. The molecule has 0 radical (unpaired) electrons. The Morgan fingerprint density at radius 3 is 2.44 bits per heavy atom. The van der Waals surface area contributed by atoms with E-state index >= 15 is 0 Å². The maximum atomic E-state index is 11.7. The Kier molecular flexibility index (Phi) is 5.16. The minimum absolute atomic E-state index is 0.108. The first-order valence-electron chi connectivity index (χ1n) is 6.11. The summed E-state index contributed by atoms with van der Waals surface area (Å²) in [5, 5.41) is 3.13. The maximum absolute atomic E-state index is 11.7. The van der Waals surface area contributed by atoms with E-state index in [4.69, 9.17) is 0 Å². The fourth-order valence-corrected chi connectivity index (χ4v) is 1.89. The van der Waals surface area contributed by atoms with Gasteiger partial charge in [0.1, 0.15) is 0 Å². The summed E-state index contributed by atoms with van der Waals surface area (Å²) in [5.41, 5.74) is 3.55. The highest BCUT2D eigenvalue weighted by molar-refractivity contribution is 5.81. The van der Waals surface area contributed by atoms with Gasteiger partial charge in [0.15, 0.2) is 0 Å². The van der Waals surface area contributed by atoms with Crippen molar-refractivity contribution in [3.63, 3.8) is 0 Å². The lowest BCUT2D eigenvalue weighted by molar-refractivity contribution is -0.127. The summed E-state index contributed by atoms with van der Waals surface area (Å²) in [4.78, 5) is 15.3. The van der Waals surface area contributed by atoms with Crippen LogP contribution < -0.4 is 10.2 Å². The van der Waals surface area contributed by atoms with Crippen molar-refractivity contribution in [1.82, 2.24) is 10.2 Å². The van der Waals surface area contributed by atoms with E-state index in [1.54, 1.807) is 19.0 Å². The fourth-order valence-electron chi connectivity index (χ4n) is 1.89. The Morgan fingerprint density at radius 1 is 1.28 bits per heavy atom. The van der Waals surface area contributed by atoms with Crippen LogP contribution in [-0.2, 0) is 11.3 Å². The number of hydrogen-bond donors (Lipinski definition) is 1. The van der Waals surface area contributed by atoms with Gasteiger partial charge in [-0.3, -0.25) is 4.79 Å². The Bertz CT molecular complexity index is 416. The van der Waals surface area contributed by atoms with Crippen LogP contribution >= 0.6 is 0 Å². The second-order valence-electron chi connectivity index (χ2n) is 4.80. The van der Waals surface area contributed by atoms with E-state index in [0.29, 0.717) is 6.54 Å². The summed E-state index contributed by atoms with van der Waals surface area (Å²) < 4.78 is 0. The molecule has 0 aliphatic rings. The largest absolute Gasteiger partial charge is 0.365 e. The van der Waals surface area contributed by atoms with E-state index < -0.39 is 0 Å². The standard InChI is InChI=1S/C14H23N3O/c1-11-8-12(9-15-2)6-7-13(11)17(5)10-14(18)16(3)4/h6-8,15H,9-10H2,1-5H3. The molecule has 0 aliphatic heterocycles. The molecule has 1 aromatic rings. The number of carbonyl (C=O) groups excluding carboxylic acids is 1. The average molecular weight is 249 g/mol. The highest BCUT2D eigenvalue weighted by atomic mass is 16.2. The van der Waals surface area contributed by atoms with Gasteiger partial charge in [0.25, 0.3) is 0 Å². The zero-order valence-corrected chi connectivity index (χ0v) is 11.9. The van der Waals surface area contributed by atoms with Gasteiger partial charge >= 0.3 is 0 Å². The molecule has 1 aromatic carbocycles. The lowest BCUT2D eigenvalue weighted by atomic mass is 10.1. The average Bonchev–Trinajstić information content (AvgIpc) is 2.29. The Morgan fingerprint density at radius 2 is 1.94 bits per heavy atom. The van der Waals surface area contributed by atoms with E-state index in [2.05, 4.69) is 30.4 Å². The summed E-state index contributed by atoms with van der Waals surface area (Å²) in [7, 11) is 7.44. The first kappa shape index (κ1) is 14.5. The van der Waals surface area contributed by atoms with Crippen LogP contribution in [0.3, 0.4) is 0 Å². The van der Waals surface area contributed by atoms with Crippen LogP contribution in [0.25, 0.3) is 0 Å². The van der Waals surface area contributed by atoms with E-state index in [1.165, 1.54) is 11.1 Å². The summed E-state index contributed by atoms with van der Waals surface area (Å²) in [6.45, 7) is 3.34. The molecule has 0 aromatic heterocycles. The number of nitrogens with zero attached hydrogens (tertiary/aromatic N) is 2. The molecule has 18 heavy (non-hydrogen) atoms. The third-order valence-corrected chi connectivity index (χ3v) is 2.92. The van der Waals surface area contributed by atoms with E-state index in [1.807, 2.05) is 19.0 Å². The molecule has 0 saturated carbocycles. The number of hydrogen-bond acceptors (Lipinski definition) is 3. The Labute approximate surface area is 110 Å². The highest BCUT2D eigenvalue weighted by Gasteiger charge is 2.11. The predicted molar refractivity (Wildman–Crippen MR) is 75.9 cm³/mol. The molecule has 0 spiro atoms. The first-order chi connectivity index (χ1) is 8.45. The number of rotatable bonds is 5. The van der Waals surface area contributed by atoms with Gasteiger partial charge in [-0.15, -0.1) is 0 Å². The van der Waals surface area contributed by atoms with Crippen LogP contribution in [0.5, 0.6) is 0 Å². The van der Waals surface area contributed by atoms with Crippen LogP contribution in [0.2, 0.25) is 0 Å². The van der Waals surface area contributed by atoms with Crippen LogP contribution in [0.15, 0.2) is 18.2 Å². The normalized spacial score (nSPS) is 10.3. The molecule has 1 N–H and O–H groups in total. The first-order valence-corrected chi connectivity index (χ1v) is 6.11. The monoisotopic (exact) mass is 249 g/mol. The molecule has 4 nitrogen and oxygen atoms in total. The number of anilines is 1. The minimum atomic E-state index is 0.108. The molecule has 1 rings (SSSR count). The number of likely N-dealkylation sites (N-methyl/N-ethyl adjacent to an activating group) is 2. The zero-order valence-electron chi connectivity index (χ0n) is 11.9. The van der Waals surface area contributed by atoms with Crippen LogP contribution in [0, 0.1) is 6.92 Å². The molecule has 4 heteroatoms. The van der Waals surface area contributed by atoms with Crippen molar-refractivity contribution in [3.8, 4) is 0 Å². The van der Waals surface area contributed by atoms with Crippen molar-refractivity contribution in [3.05, 3.63) is 29.3 Å². The van der Waals surface area contributed by atoms with Gasteiger partial charge in [0, 0.05) is 33.4 Å². The van der Waals surface area contributed by atoms with Crippen molar-refractivity contribution in [2.75, 3.05) is 39.6 Å². The summed E-state index contributed by atoms with van der Waals surface area (Å²) in [5.74, 6) is 0.108. The highest BCUT2D eigenvalue weighted by Crippen LogP contribution is 2.20. The number of carbonyl (C=O) groups is 1. The molecule has 0 bridgehead atoms. The second kappa shape index (κ2) is 6.40.